The first-order valence-electron chi connectivity index (χ1n) is 10.7. The van der Waals surface area contributed by atoms with E-state index < -0.39 is 0 Å². The number of nitriles is 1. The maximum atomic E-state index is 13.9. The van der Waals surface area contributed by atoms with Crippen LogP contribution in [-0.4, -0.2) is 26.6 Å². The van der Waals surface area contributed by atoms with Crippen molar-refractivity contribution in [1.29, 1.82) is 5.26 Å². The number of nitrogens with one attached hydrogen (secondary N) is 1. The number of hydrogen-bond acceptors (Lipinski definition) is 8. The summed E-state index contributed by atoms with van der Waals surface area (Å²) in [6.45, 7) is 1.91. The van der Waals surface area contributed by atoms with E-state index in [0.29, 0.717) is 17.1 Å². The van der Waals surface area contributed by atoms with Crippen LogP contribution in [0.3, 0.4) is 0 Å². The van der Waals surface area contributed by atoms with E-state index in [1.54, 1.807) is 17.9 Å². The average Bonchev–Trinajstić information content (AvgIpc) is 3.69. The first kappa shape index (κ1) is 21.2. The molecule has 0 fully saturated rings. The van der Waals surface area contributed by atoms with Gasteiger partial charge in [-0.2, -0.15) is 10.2 Å². The molecule has 0 amide bonds. The number of nitrogen functional groups attached to an aromatic ring is 1. The topological polar surface area (TPSA) is 132 Å². The van der Waals surface area contributed by atoms with E-state index in [1.807, 2.05) is 55.5 Å². The molecule has 3 heterocycles. The van der Waals surface area contributed by atoms with Gasteiger partial charge >= 0.3 is 0 Å². The number of allylic oxidation sites excluding steroid dienone is 2. The molecule has 0 radical (unpaired) electrons. The van der Waals surface area contributed by atoms with Crippen LogP contribution in [0, 0.1) is 11.3 Å². The van der Waals surface area contributed by atoms with E-state index >= 15 is 0 Å². The fourth-order valence-corrected chi connectivity index (χ4v) is 4.05. The number of rotatable bonds is 6. The summed E-state index contributed by atoms with van der Waals surface area (Å²) in [5.41, 5.74) is 8.31. The molecule has 0 spiro atoms. The second-order valence-corrected chi connectivity index (χ2v) is 7.94. The third-order valence-corrected chi connectivity index (χ3v) is 5.75. The molecule has 1 atom stereocenters. The number of nitrogens with two attached hydrogens (primary N) is 1. The van der Waals surface area contributed by atoms with Crippen molar-refractivity contribution >= 4 is 22.5 Å². The highest BCUT2D eigenvalue weighted by molar-refractivity contribution is 5.96. The summed E-state index contributed by atoms with van der Waals surface area (Å²) >= 11 is 0. The van der Waals surface area contributed by atoms with Crippen LogP contribution in [0.4, 0.5) is 11.8 Å². The Bertz CT molecular complexity index is 1550. The lowest BCUT2D eigenvalue weighted by atomic mass is 9.98. The fourth-order valence-electron chi connectivity index (χ4n) is 4.05. The van der Waals surface area contributed by atoms with Crippen molar-refractivity contribution in [2.45, 2.75) is 19.0 Å². The number of methoxy groups -OCH3 is 1. The lowest BCUT2D eigenvalue weighted by molar-refractivity contribution is 0.398. The summed E-state index contributed by atoms with van der Waals surface area (Å²) < 4.78 is 7.03. The second kappa shape index (κ2) is 8.33. The Labute approximate surface area is 195 Å². The van der Waals surface area contributed by atoms with Crippen LogP contribution >= 0.6 is 0 Å². The molecule has 168 valence electrons. The van der Waals surface area contributed by atoms with E-state index in [0.717, 1.165) is 22.2 Å². The molecule has 1 aliphatic carbocycles. The molecule has 5 rings (SSSR count). The molecule has 0 bridgehead atoms. The predicted molar refractivity (Wildman–Crippen MR) is 129 cm³/mol. The number of hydrogen-bond donors (Lipinski definition) is 2. The fraction of sp³-hybridized carbons (Fsp3) is 0.160. The van der Waals surface area contributed by atoms with Crippen LogP contribution < -0.4 is 21.3 Å². The number of benzene rings is 1. The molecule has 3 aromatic heterocycles. The number of nitrogens with zero attached hydrogens (tertiary/aromatic N) is 5. The molecule has 4 aromatic rings. The molecule has 34 heavy (non-hydrogen) atoms. The highest BCUT2D eigenvalue weighted by Crippen LogP contribution is 2.33. The zero-order valence-corrected chi connectivity index (χ0v) is 18.6. The lowest BCUT2D eigenvalue weighted by Gasteiger charge is -2.22. The van der Waals surface area contributed by atoms with Gasteiger partial charge in [0.15, 0.2) is 0 Å². The molecule has 1 aromatic carbocycles. The molecule has 0 unspecified atom stereocenters. The lowest BCUT2D eigenvalue weighted by Crippen LogP contribution is -2.27. The smallest absolute Gasteiger partial charge is 0.260 e. The molecule has 9 heteroatoms. The van der Waals surface area contributed by atoms with Crippen LogP contribution in [0.25, 0.3) is 21.9 Å². The van der Waals surface area contributed by atoms with Crippen molar-refractivity contribution in [2.24, 2.45) is 0 Å². The molecule has 0 saturated heterocycles. The Kier molecular flexibility index (Phi) is 5.18. The van der Waals surface area contributed by atoms with Crippen LogP contribution in [0.15, 0.2) is 65.7 Å². The third kappa shape index (κ3) is 3.71. The molecule has 0 saturated carbocycles. The number of aromatic nitrogens is 4. The summed E-state index contributed by atoms with van der Waals surface area (Å²) in [4.78, 5) is 26.1. The monoisotopic (exact) mass is 451 g/mol. The number of anilines is 2. The van der Waals surface area contributed by atoms with Crippen molar-refractivity contribution in [3.05, 3.63) is 82.6 Å². The molecule has 0 aliphatic heterocycles. The van der Waals surface area contributed by atoms with Gasteiger partial charge in [0.25, 0.3) is 5.56 Å². The van der Waals surface area contributed by atoms with Crippen molar-refractivity contribution in [3.63, 3.8) is 0 Å². The van der Waals surface area contributed by atoms with E-state index in [2.05, 4.69) is 26.3 Å². The van der Waals surface area contributed by atoms with Crippen molar-refractivity contribution < 1.29 is 4.74 Å². The zero-order chi connectivity index (χ0) is 23.8. The number of ether oxygens (including phenoxy) is 1. The van der Waals surface area contributed by atoms with Crippen molar-refractivity contribution in [2.75, 3.05) is 18.2 Å². The molecule has 9 nitrogen and oxygen atoms in total. The van der Waals surface area contributed by atoms with Gasteiger partial charge in [-0.3, -0.25) is 9.36 Å². The third-order valence-electron chi connectivity index (χ3n) is 5.75. The minimum absolute atomic E-state index is 0.0610. The van der Waals surface area contributed by atoms with Gasteiger partial charge in [0.05, 0.1) is 30.8 Å². The van der Waals surface area contributed by atoms with Gasteiger partial charge in [0.2, 0.25) is 11.8 Å². The maximum absolute atomic E-state index is 13.9. The molecular weight excluding hydrogens is 430 g/mol. The summed E-state index contributed by atoms with van der Waals surface area (Å²) in [6, 6.07) is 13.0. The average molecular weight is 451 g/mol. The van der Waals surface area contributed by atoms with Gasteiger partial charge in [-0.25, -0.2) is 9.97 Å². The van der Waals surface area contributed by atoms with E-state index in [-0.39, 0.29) is 29.2 Å². The Morgan fingerprint density at radius 3 is 2.79 bits per heavy atom. The largest absolute Gasteiger partial charge is 0.481 e. The second-order valence-electron chi connectivity index (χ2n) is 7.94. The summed E-state index contributed by atoms with van der Waals surface area (Å²) in [5, 5.41) is 14.1. The summed E-state index contributed by atoms with van der Waals surface area (Å²) in [6.07, 6.45) is 6.97. The normalized spacial score (nSPS) is 13.4. The Hall–Kier alpha value is -4.71. The minimum atomic E-state index is -0.342. The standard InChI is InChI=1S/C25H21N7O2/c1-14(30-23-17(12-26)13-29-25(27)31-23)20-10-16-4-3-5-19(15-8-9-28-21(11-15)34-2)22(16)24(33)32(20)18-6-7-18/h3-11,13-14,18H,1-2H3,(H3,27,29,30,31)/t14-/m0/s1. The zero-order valence-electron chi connectivity index (χ0n) is 18.6. The maximum Gasteiger partial charge on any atom is 0.260 e. The van der Waals surface area contributed by atoms with Gasteiger partial charge in [-0.05, 0) is 35.6 Å². The Morgan fingerprint density at radius 2 is 2.06 bits per heavy atom. The van der Waals surface area contributed by atoms with Crippen LogP contribution in [0.1, 0.15) is 30.3 Å². The number of pyridine rings is 2. The minimum Gasteiger partial charge on any atom is -0.481 e. The Morgan fingerprint density at radius 1 is 1.24 bits per heavy atom. The first-order valence-corrected chi connectivity index (χ1v) is 10.7. The number of fused-ring (bicyclic) bond motifs is 1. The molecule has 1 aliphatic rings. The molecule has 3 N–H and O–H groups in total. The predicted octanol–water partition coefficient (Wildman–Crippen LogP) is 3.60. The van der Waals surface area contributed by atoms with Gasteiger partial charge in [-0.15, -0.1) is 0 Å². The van der Waals surface area contributed by atoms with Gasteiger partial charge in [0, 0.05) is 18.0 Å². The molecular formula is C25H21N7O2. The van der Waals surface area contributed by atoms with Crippen molar-refractivity contribution in [1.82, 2.24) is 19.5 Å². The van der Waals surface area contributed by atoms with Gasteiger partial charge < -0.3 is 15.8 Å². The quantitative estimate of drug-likeness (QED) is 0.425. The first-order chi connectivity index (χ1) is 16.5. The van der Waals surface area contributed by atoms with Crippen LogP contribution in [-0.2, 0) is 0 Å². The highest BCUT2D eigenvalue weighted by Gasteiger charge is 2.25. The summed E-state index contributed by atoms with van der Waals surface area (Å²) in [5.74, 6) is 0.861. The van der Waals surface area contributed by atoms with E-state index in [9.17, 15) is 10.1 Å². The van der Waals surface area contributed by atoms with Crippen molar-refractivity contribution in [3.8, 4) is 23.1 Å². The highest BCUT2D eigenvalue weighted by atomic mass is 16.5. The SMILES string of the molecule is COc1cc(-c2cccc3cc([C@H](C)Nc4nc(N)ncc4C#N)n(C4C=C4)c(=O)c23)ccn1. The van der Waals surface area contributed by atoms with Crippen LogP contribution in [0.2, 0.25) is 0 Å². The van der Waals surface area contributed by atoms with E-state index in [1.165, 1.54) is 6.20 Å². The summed E-state index contributed by atoms with van der Waals surface area (Å²) in [7, 11) is 1.56. The van der Waals surface area contributed by atoms with Gasteiger partial charge in [0.1, 0.15) is 17.5 Å². The van der Waals surface area contributed by atoms with Gasteiger partial charge in [-0.1, -0.05) is 30.4 Å². The van der Waals surface area contributed by atoms with Crippen LogP contribution in [0.5, 0.6) is 5.88 Å². The Balaban J connectivity index is 1.66. The van der Waals surface area contributed by atoms with E-state index in [4.69, 9.17) is 10.5 Å².